The molecule has 1 N–H and O–H groups in total. The SMILES string of the molecule is C=Cc1ccc(C(CC)(CCC)c2ccc(O)c(C)c2)cc1C. The van der Waals surface area contributed by atoms with Crippen molar-refractivity contribution in [2.24, 2.45) is 0 Å². The molecule has 0 fully saturated rings. The van der Waals surface area contributed by atoms with Crippen LogP contribution in [0.3, 0.4) is 0 Å². The summed E-state index contributed by atoms with van der Waals surface area (Å²) in [6.45, 7) is 12.5. The van der Waals surface area contributed by atoms with Gasteiger partial charge in [0.15, 0.2) is 0 Å². The second-order valence-electron chi connectivity index (χ2n) is 6.46. The molecule has 2 aromatic rings. The van der Waals surface area contributed by atoms with E-state index in [0.29, 0.717) is 5.75 Å². The lowest BCUT2D eigenvalue weighted by molar-refractivity contribution is 0.444. The molecule has 23 heavy (non-hydrogen) atoms. The van der Waals surface area contributed by atoms with Crippen molar-refractivity contribution >= 4 is 6.08 Å². The maximum Gasteiger partial charge on any atom is 0.118 e. The first-order chi connectivity index (χ1) is 11.0. The summed E-state index contributed by atoms with van der Waals surface area (Å²) >= 11 is 0. The van der Waals surface area contributed by atoms with Crippen molar-refractivity contribution in [3.8, 4) is 5.75 Å². The average molecular weight is 308 g/mol. The van der Waals surface area contributed by atoms with Crippen LogP contribution in [0.25, 0.3) is 6.08 Å². The quantitative estimate of drug-likeness (QED) is 0.678. The minimum Gasteiger partial charge on any atom is -0.508 e. The topological polar surface area (TPSA) is 20.2 Å². The van der Waals surface area contributed by atoms with E-state index in [2.05, 4.69) is 57.7 Å². The smallest absolute Gasteiger partial charge is 0.118 e. The maximum atomic E-state index is 9.88. The van der Waals surface area contributed by atoms with E-state index in [1.807, 2.05) is 19.1 Å². The largest absolute Gasteiger partial charge is 0.508 e. The third kappa shape index (κ3) is 3.19. The molecule has 1 unspecified atom stereocenters. The minimum absolute atomic E-state index is 0.00231. The standard InChI is InChI=1S/C22H28O/c1-6-13-22(8-3,20-11-12-21(23)17(5)15-20)19-10-9-18(7-2)16(4)14-19/h7,9-12,14-15,23H,2,6,8,13H2,1,3-5H3. The first kappa shape index (κ1) is 17.3. The zero-order valence-electron chi connectivity index (χ0n) is 14.8. The van der Waals surface area contributed by atoms with Crippen LogP contribution in [0.2, 0.25) is 0 Å². The van der Waals surface area contributed by atoms with Gasteiger partial charge in [-0.3, -0.25) is 0 Å². The molecule has 1 heteroatoms. The van der Waals surface area contributed by atoms with Gasteiger partial charge < -0.3 is 5.11 Å². The monoisotopic (exact) mass is 308 g/mol. The first-order valence-electron chi connectivity index (χ1n) is 8.52. The van der Waals surface area contributed by atoms with Gasteiger partial charge in [-0.1, -0.05) is 63.3 Å². The third-order valence-corrected chi connectivity index (χ3v) is 5.07. The normalized spacial score (nSPS) is 13.6. The van der Waals surface area contributed by atoms with E-state index in [1.54, 1.807) is 0 Å². The second kappa shape index (κ2) is 7.04. The highest BCUT2D eigenvalue weighted by atomic mass is 16.3. The Balaban J connectivity index is 2.65. The molecule has 0 radical (unpaired) electrons. The average Bonchev–Trinajstić information content (AvgIpc) is 2.55. The van der Waals surface area contributed by atoms with Gasteiger partial charge in [0.1, 0.15) is 5.75 Å². The molecular weight excluding hydrogens is 280 g/mol. The van der Waals surface area contributed by atoms with Crippen molar-refractivity contribution in [3.05, 3.63) is 70.8 Å². The van der Waals surface area contributed by atoms with Gasteiger partial charge in [-0.05, 0) is 60.6 Å². The summed E-state index contributed by atoms with van der Waals surface area (Å²) in [6, 6.07) is 12.8. The Morgan fingerprint density at radius 2 is 1.61 bits per heavy atom. The highest BCUT2D eigenvalue weighted by Crippen LogP contribution is 2.41. The van der Waals surface area contributed by atoms with Gasteiger partial charge >= 0.3 is 0 Å². The van der Waals surface area contributed by atoms with Crippen LogP contribution >= 0.6 is 0 Å². The van der Waals surface area contributed by atoms with Crippen LogP contribution in [0.1, 0.15) is 60.9 Å². The highest BCUT2D eigenvalue weighted by molar-refractivity contribution is 5.55. The Bertz CT molecular complexity index is 699. The van der Waals surface area contributed by atoms with Crippen LogP contribution in [0, 0.1) is 13.8 Å². The molecule has 0 aromatic heterocycles. The molecule has 2 rings (SSSR count). The zero-order chi connectivity index (χ0) is 17.0. The van der Waals surface area contributed by atoms with E-state index in [-0.39, 0.29) is 5.41 Å². The van der Waals surface area contributed by atoms with Gasteiger partial charge in [-0.25, -0.2) is 0 Å². The van der Waals surface area contributed by atoms with Crippen molar-refractivity contribution < 1.29 is 5.11 Å². The van der Waals surface area contributed by atoms with Gasteiger partial charge in [0.2, 0.25) is 0 Å². The zero-order valence-corrected chi connectivity index (χ0v) is 14.8. The summed E-state index contributed by atoms with van der Waals surface area (Å²) in [7, 11) is 0. The molecule has 0 saturated carbocycles. The lowest BCUT2D eigenvalue weighted by atomic mass is 9.69. The van der Waals surface area contributed by atoms with Crippen LogP contribution in [0.5, 0.6) is 5.75 Å². The minimum atomic E-state index is -0.00231. The van der Waals surface area contributed by atoms with E-state index < -0.39 is 0 Å². The van der Waals surface area contributed by atoms with E-state index in [9.17, 15) is 5.11 Å². The van der Waals surface area contributed by atoms with E-state index in [4.69, 9.17) is 0 Å². The van der Waals surface area contributed by atoms with Gasteiger partial charge in [-0.15, -0.1) is 0 Å². The lowest BCUT2D eigenvalue weighted by Crippen LogP contribution is -2.27. The van der Waals surface area contributed by atoms with Gasteiger partial charge in [0.25, 0.3) is 0 Å². The molecule has 0 amide bonds. The maximum absolute atomic E-state index is 9.88. The fourth-order valence-corrected chi connectivity index (χ4v) is 3.62. The number of aromatic hydroxyl groups is 1. The van der Waals surface area contributed by atoms with Crippen LogP contribution in [0.15, 0.2) is 43.0 Å². The Morgan fingerprint density at radius 3 is 2.09 bits per heavy atom. The molecule has 0 heterocycles. The first-order valence-corrected chi connectivity index (χ1v) is 8.52. The summed E-state index contributed by atoms with van der Waals surface area (Å²) in [5, 5.41) is 9.88. The molecule has 1 atom stereocenters. The summed E-state index contributed by atoms with van der Waals surface area (Å²) in [5.74, 6) is 0.369. The predicted octanol–water partition coefficient (Wildman–Crippen LogP) is 6.15. The Hall–Kier alpha value is -2.02. The molecule has 1 nitrogen and oxygen atoms in total. The Morgan fingerprint density at radius 1 is 1.00 bits per heavy atom. The molecule has 2 aromatic carbocycles. The Kier molecular flexibility index (Phi) is 5.30. The number of phenolic OH excluding ortho intramolecular Hbond substituents is 1. The summed E-state index contributed by atoms with van der Waals surface area (Å²) in [6.07, 6.45) is 5.17. The molecule has 0 spiro atoms. The molecule has 0 aliphatic rings. The van der Waals surface area contributed by atoms with Crippen molar-refractivity contribution in [2.75, 3.05) is 0 Å². The van der Waals surface area contributed by atoms with E-state index in [0.717, 1.165) is 24.8 Å². The molecule has 0 aliphatic carbocycles. The molecule has 0 aliphatic heterocycles. The summed E-state index contributed by atoms with van der Waals surface area (Å²) < 4.78 is 0. The molecule has 122 valence electrons. The summed E-state index contributed by atoms with van der Waals surface area (Å²) in [4.78, 5) is 0. The van der Waals surface area contributed by atoms with Gasteiger partial charge in [0, 0.05) is 5.41 Å². The van der Waals surface area contributed by atoms with Gasteiger partial charge in [-0.2, -0.15) is 0 Å². The lowest BCUT2D eigenvalue weighted by Gasteiger charge is -2.35. The van der Waals surface area contributed by atoms with Crippen molar-refractivity contribution in [3.63, 3.8) is 0 Å². The van der Waals surface area contributed by atoms with Crippen molar-refractivity contribution in [2.45, 2.75) is 52.4 Å². The third-order valence-electron chi connectivity index (χ3n) is 5.07. The molecule has 0 saturated heterocycles. The summed E-state index contributed by atoms with van der Waals surface area (Å²) in [5.41, 5.74) is 6.05. The fraction of sp³-hybridized carbons (Fsp3) is 0.364. The van der Waals surface area contributed by atoms with Crippen molar-refractivity contribution in [1.82, 2.24) is 0 Å². The second-order valence-corrected chi connectivity index (χ2v) is 6.46. The van der Waals surface area contributed by atoms with Crippen LogP contribution in [0.4, 0.5) is 0 Å². The number of aryl methyl sites for hydroxylation is 2. The number of hydrogen-bond donors (Lipinski definition) is 1. The van der Waals surface area contributed by atoms with Crippen LogP contribution in [-0.4, -0.2) is 5.11 Å². The number of benzene rings is 2. The number of hydrogen-bond acceptors (Lipinski definition) is 1. The highest BCUT2D eigenvalue weighted by Gasteiger charge is 2.32. The Labute approximate surface area is 140 Å². The number of phenols is 1. The van der Waals surface area contributed by atoms with Crippen LogP contribution < -0.4 is 0 Å². The fourth-order valence-electron chi connectivity index (χ4n) is 3.62. The van der Waals surface area contributed by atoms with Crippen LogP contribution in [-0.2, 0) is 5.41 Å². The predicted molar refractivity (Wildman–Crippen MR) is 100 cm³/mol. The van der Waals surface area contributed by atoms with Gasteiger partial charge in [0.05, 0.1) is 0 Å². The van der Waals surface area contributed by atoms with Crippen molar-refractivity contribution in [1.29, 1.82) is 0 Å². The number of rotatable bonds is 6. The van der Waals surface area contributed by atoms with E-state index >= 15 is 0 Å². The molecular formula is C22H28O. The molecule has 0 bridgehead atoms. The van der Waals surface area contributed by atoms with E-state index in [1.165, 1.54) is 22.3 Å².